The first-order valence-electron chi connectivity index (χ1n) is 5.40. The van der Waals surface area contributed by atoms with E-state index in [9.17, 15) is 4.79 Å². The summed E-state index contributed by atoms with van der Waals surface area (Å²) in [5.41, 5.74) is 0.408. The van der Waals surface area contributed by atoms with Crippen LogP contribution in [0.3, 0.4) is 0 Å². The van der Waals surface area contributed by atoms with Gasteiger partial charge in [-0.2, -0.15) is 0 Å². The molecule has 0 aliphatic rings. The molecule has 0 aliphatic carbocycles. The summed E-state index contributed by atoms with van der Waals surface area (Å²) in [6.07, 6.45) is 4.54. The van der Waals surface area contributed by atoms with Crippen LogP contribution in [0.4, 0.5) is 0 Å². The third kappa shape index (κ3) is 2.95. The van der Waals surface area contributed by atoms with E-state index in [1.165, 1.54) is 0 Å². The number of hydrogen-bond donors (Lipinski definition) is 0. The van der Waals surface area contributed by atoms with Gasteiger partial charge in [-0.25, -0.2) is 9.78 Å². The standard InChI is InChI=1S/C12H18N2O2/c1-5-10(4)11-13-6-7-14(11)8-16-12(15)9(2)3/h6-7,10H,2,5,8H2,1,3-4H3. The van der Waals surface area contributed by atoms with E-state index in [1.807, 2.05) is 10.8 Å². The maximum Gasteiger partial charge on any atom is 0.334 e. The molecule has 0 spiro atoms. The van der Waals surface area contributed by atoms with Crippen LogP contribution in [0.5, 0.6) is 0 Å². The summed E-state index contributed by atoms with van der Waals surface area (Å²) in [7, 11) is 0. The minimum absolute atomic E-state index is 0.200. The van der Waals surface area contributed by atoms with E-state index in [0.29, 0.717) is 11.5 Å². The molecule has 0 fully saturated rings. The van der Waals surface area contributed by atoms with Crippen LogP contribution in [0.25, 0.3) is 0 Å². The first-order valence-corrected chi connectivity index (χ1v) is 5.40. The highest BCUT2D eigenvalue weighted by Gasteiger charge is 2.11. The second kappa shape index (κ2) is 5.49. The van der Waals surface area contributed by atoms with Crippen LogP contribution in [0.15, 0.2) is 24.5 Å². The van der Waals surface area contributed by atoms with Gasteiger partial charge in [0.05, 0.1) is 0 Å². The van der Waals surface area contributed by atoms with Crippen LogP contribution in [-0.4, -0.2) is 15.5 Å². The van der Waals surface area contributed by atoms with Crippen LogP contribution in [0.2, 0.25) is 0 Å². The largest absolute Gasteiger partial charge is 0.441 e. The van der Waals surface area contributed by atoms with E-state index in [1.54, 1.807) is 13.1 Å². The van der Waals surface area contributed by atoms with Gasteiger partial charge in [-0.1, -0.05) is 20.4 Å². The highest BCUT2D eigenvalue weighted by molar-refractivity contribution is 5.86. The number of ether oxygens (including phenoxy) is 1. The molecule has 16 heavy (non-hydrogen) atoms. The van der Waals surface area contributed by atoms with E-state index in [-0.39, 0.29) is 12.7 Å². The Hall–Kier alpha value is -1.58. The Morgan fingerprint density at radius 1 is 1.69 bits per heavy atom. The normalized spacial score (nSPS) is 12.2. The van der Waals surface area contributed by atoms with Crippen molar-refractivity contribution in [3.8, 4) is 0 Å². The highest BCUT2D eigenvalue weighted by atomic mass is 16.5. The predicted molar refractivity (Wildman–Crippen MR) is 61.8 cm³/mol. The number of carbonyl (C=O) groups excluding carboxylic acids is 1. The van der Waals surface area contributed by atoms with E-state index in [0.717, 1.165) is 12.2 Å². The van der Waals surface area contributed by atoms with E-state index in [4.69, 9.17) is 4.74 Å². The Bertz CT molecular complexity index is 382. The fourth-order valence-corrected chi connectivity index (χ4v) is 1.29. The van der Waals surface area contributed by atoms with Gasteiger partial charge in [0.2, 0.25) is 0 Å². The SMILES string of the molecule is C=C(C)C(=O)OCn1ccnc1C(C)CC. The molecule has 1 heterocycles. The quantitative estimate of drug-likeness (QED) is 0.568. The Labute approximate surface area is 95.9 Å². The molecule has 0 saturated carbocycles. The molecule has 1 atom stereocenters. The number of esters is 1. The molecule has 0 aromatic carbocycles. The van der Waals surface area contributed by atoms with E-state index in [2.05, 4.69) is 25.4 Å². The number of aromatic nitrogens is 2. The topological polar surface area (TPSA) is 44.1 Å². The zero-order valence-corrected chi connectivity index (χ0v) is 10.1. The summed E-state index contributed by atoms with van der Waals surface area (Å²) in [4.78, 5) is 15.5. The van der Waals surface area contributed by atoms with Gasteiger partial charge in [0.1, 0.15) is 5.82 Å². The van der Waals surface area contributed by atoms with Gasteiger partial charge < -0.3 is 9.30 Å². The van der Waals surface area contributed by atoms with Crippen molar-refractivity contribution in [2.24, 2.45) is 0 Å². The van der Waals surface area contributed by atoms with Crippen molar-refractivity contribution >= 4 is 5.97 Å². The molecular formula is C12H18N2O2. The van der Waals surface area contributed by atoms with Crippen LogP contribution in [-0.2, 0) is 16.3 Å². The molecule has 0 radical (unpaired) electrons. The molecule has 1 aromatic heterocycles. The van der Waals surface area contributed by atoms with Gasteiger partial charge in [0.15, 0.2) is 6.73 Å². The molecular weight excluding hydrogens is 204 g/mol. The maximum absolute atomic E-state index is 11.2. The molecule has 0 N–H and O–H groups in total. The Balaban J connectivity index is 2.64. The van der Waals surface area contributed by atoms with Crippen LogP contribution in [0.1, 0.15) is 38.9 Å². The average molecular weight is 222 g/mol. The smallest absolute Gasteiger partial charge is 0.334 e. The molecule has 0 amide bonds. The maximum atomic E-state index is 11.2. The van der Waals surface area contributed by atoms with Gasteiger partial charge in [-0.3, -0.25) is 0 Å². The zero-order valence-electron chi connectivity index (χ0n) is 10.1. The number of nitrogens with zero attached hydrogens (tertiary/aromatic N) is 2. The Kier molecular flexibility index (Phi) is 4.28. The summed E-state index contributed by atoms with van der Waals surface area (Å²) in [6, 6.07) is 0. The molecule has 1 aromatic rings. The Morgan fingerprint density at radius 2 is 2.38 bits per heavy atom. The number of imidazole rings is 1. The van der Waals surface area contributed by atoms with Gasteiger partial charge in [-0.15, -0.1) is 0 Å². The van der Waals surface area contributed by atoms with Crippen molar-refractivity contribution in [3.05, 3.63) is 30.4 Å². The fourth-order valence-electron chi connectivity index (χ4n) is 1.29. The minimum Gasteiger partial charge on any atom is -0.441 e. The lowest BCUT2D eigenvalue weighted by atomic mass is 10.1. The second-order valence-electron chi connectivity index (χ2n) is 3.91. The van der Waals surface area contributed by atoms with Gasteiger partial charge in [-0.05, 0) is 13.3 Å². The number of hydrogen-bond acceptors (Lipinski definition) is 3. The second-order valence-corrected chi connectivity index (χ2v) is 3.91. The minimum atomic E-state index is -0.371. The van der Waals surface area contributed by atoms with Gasteiger partial charge in [0.25, 0.3) is 0 Å². The number of carbonyl (C=O) groups is 1. The first-order chi connectivity index (χ1) is 7.56. The lowest BCUT2D eigenvalue weighted by molar-refractivity contribution is -0.142. The lowest BCUT2D eigenvalue weighted by Crippen LogP contribution is -2.12. The summed E-state index contributed by atoms with van der Waals surface area (Å²) in [5.74, 6) is 0.930. The van der Waals surface area contributed by atoms with E-state index >= 15 is 0 Å². The lowest BCUT2D eigenvalue weighted by Gasteiger charge is -2.12. The summed E-state index contributed by atoms with van der Waals surface area (Å²) >= 11 is 0. The molecule has 1 rings (SSSR count). The summed E-state index contributed by atoms with van der Waals surface area (Å²) in [5, 5.41) is 0. The van der Waals surface area contributed by atoms with E-state index < -0.39 is 0 Å². The Morgan fingerprint density at radius 3 is 2.94 bits per heavy atom. The monoisotopic (exact) mass is 222 g/mol. The van der Waals surface area contributed by atoms with Crippen molar-refractivity contribution in [1.29, 1.82) is 0 Å². The predicted octanol–water partition coefficient (Wildman–Crippen LogP) is 2.47. The van der Waals surface area contributed by atoms with Crippen molar-refractivity contribution in [2.45, 2.75) is 39.8 Å². The van der Waals surface area contributed by atoms with Crippen LogP contribution in [0, 0.1) is 0 Å². The molecule has 4 heteroatoms. The van der Waals surface area contributed by atoms with Crippen LogP contribution >= 0.6 is 0 Å². The zero-order chi connectivity index (χ0) is 12.1. The third-order valence-electron chi connectivity index (χ3n) is 2.48. The molecule has 88 valence electrons. The third-order valence-corrected chi connectivity index (χ3v) is 2.48. The first kappa shape index (κ1) is 12.5. The average Bonchev–Trinajstić information content (AvgIpc) is 2.72. The fraction of sp³-hybridized carbons (Fsp3) is 0.500. The van der Waals surface area contributed by atoms with Crippen molar-refractivity contribution < 1.29 is 9.53 Å². The number of rotatable bonds is 5. The van der Waals surface area contributed by atoms with Crippen molar-refractivity contribution in [2.75, 3.05) is 0 Å². The summed E-state index contributed by atoms with van der Waals surface area (Å²) in [6.45, 7) is 9.56. The molecule has 4 nitrogen and oxygen atoms in total. The molecule has 0 bridgehead atoms. The van der Waals surface area contributed by atoms with Crippen molar-refractivity contribution in [1.82, 2.24) is 9.55 Å². The van der Waals surface area contributed by atoms with Gasteiger partial charge >= 0.3 is 5.97 Å². The molecule has 1 unspecified atom stereocenters. The molecule has 0 aliphatic heterocycles. The summed E-state index contributed by atoms with van der Waals surface area (Å²) < 4.78 is 6.91. The molecule has 0 saturated heterocycles. The highest BCUT2D eigenvalue weighted by Crippen LogP contribution is 2.16. The van der Waals surface area contributed by atoms with Crippen LogP contribution < -0.4 is 0 Å². The van der Waals surface area contributed by atoms with Crippen molar-refractivity contribution in [3.63, 3.8) is 0 Å². The van der Waals surface area contributed by atoms with Gasteiger partial charge in [0, 0.05) is 23.9 Å².